The molecule has 2 aromatic carbocycles. The van der Waals surface area contributed by atoms with Crippen molar-refractivity contribution in [2.45, 2.75) is 13.0 Å². The van der Waals surface area contributed by atoms with E-state index in [9.17, 15) is 0 Å². The lowest BCUT2D eigenvalue weighted by Crippen LogP contribution is -2.00. The zero-order valence-electron chi connectivity index (χ0n) is 10.9. The van der Waals surface area contributed by atoms with Gasteiger partial charge in [-0.1, -0.05) is 43.0 Å². The molecular formula is C17H17NO. The summed E-state index contributed by atoms with van der Waals surface area (Å²) >= 11 is 0. The highest BCUT2D eigenvalue weighted by Gasteiger charge is 2.08. The molecule has 0 spiro atoms. The van der Waals surface area contributed by atoms with Crippen LogP contribution in [0.4, 0.5) is 0 Å². The van der Waals surface area contributed by atoms with Gasteiger partial charge in [-0.25, -0.2) is 0 Å². The molecule has 1 heterocycles. The minimum Gasteiger partial charge on any atom is -0.502 e. The first kappa shape index (κ1) is 11.8. The third kappa shape index (κ3) is 2.10. The van der Waals surface area contributed by atoms with E-state index in [0.29, 0.717) is 6.61 Å². The summed E-state index contributed by atoms with van der Waals surface area (Å²) in [5.74, 6) is 0. The number of nitrogens with zero attached hydrogens (tertiary/aromatic N) is 1. The summed E-state index contributed by atoms with van der Waals surface area (Å²) in [5, 5.41) is 2.64. The number of aromatic nitrogens is 1. The number of hydrogen-bond donors (Lipinski definition) is 0. The summed E-state index contributed by atoms with van der Waals surface area (Å²) < 4.78 is 7.58. The molecule has 0 fully saturated rings. The Morgan fingerprint density at radius 1 is 0.947 bits per heavy atom. The molecule has 0 aliphatic carbocycles. The number of benzene rings is 2. The van der Waals surface area contributed by atoms with E-state index in [0.717, 1.165) is 13.0 Å². The van der Waals surface area contributed by atoms with Crippen molar-refractivity contribution < 1.29 is 4.74 Å². The smallest absolute Gasteiger partial charge is 0.0890 e. The molecule has 0 bridgehead atoms. The highest BCUT2D eigenvalue weighted by molar-refractivity contribution is 6.07. The van der Waals surface area contributed by atoms with E-state index in [1.165, 1.54) is 28.1 Å². The Hall–Kier alpha value is -2.22. The van der Waals surface area contributed by atoms with Gasteiger partial charge in [-0.15, -0.1) is 0 Å². The Balaban J connectivity index is 2.06. The average molecular weight is 251 g/mol. The number of aryl methyl sites for hydroxylation is 1. The lowest BCUT2D eigenvalue weighted by Gasteiger charge is -2.07. The molecule has 96 valence electrons. The van der Waals surface area contributed by atoms with Crippen LogP contribution in [-0.4, -0.2) is 11.2 Å². The second kappa shape index (κ2) is 5.19. The normalized spacial score (nSPS) is 10.9. The van der Waals surface area contributed by atoms with Gasteiger partial charge in [0, 0.05) is 28.4 Å². The maximum atomic E-state index is 5.21. The number of rotatable bonds is 5. The summed E-state index contributed by atoms with van der Waals surface area (Å²) in [6.07, 6.45) is 2.49. The van der Waals surface area contributed by atoms with Crippen LogP contribution in [-0.2, 0) is 11.3 Å². The van der Waals surface area contributed by atoms with Crippen molar-refractivity contribution in [3.63, 3.8) is 0 Å². The lowest BCUT2D eigenvalue weighted by atomic mass is 10.2. The quantitative estimate of drug-likeness (QED) is 0.486. The van der Waals surface area contributed by atoms with Crippen LogP contribution in [0.5, 0.6) is 0 Å². The largest absolute Gasteiger partial charge is 0.502 e. The number of fused-ring (bicyclic) bond motifs is 3. The predicted molar refractivity (Wildman–Crippen MR) is 80.2 cm³/mol. The van der Waals surface area contributed by atoms with Crippen LogP contribution in [0, 0.1) is 0 Å². The molecule has 0 saturated heterocycles. The number of hydrogen-bond acceptors (Lipinski definition) is 1. The van der Waals surface area contributed by atoms with E-state index in [4.69, 9.17) is 4.74 Å². The van der Waals surface area contributed by atoms with E-state index in [-0.39, 0.29) is 0 Å². The van der Waals surface area contributed by atoms with Gasteiger partial charge in [0.2, 0.25) is 0 Å². The Bertz CT molecular complexity index is 658. The second-order valence-corrected chi connectivity index (χ2v) is 4.58. The highest BCUT2D eigenvalue weighted by atomic mass is 16.5. The Labute approximate surface area is 112 Å². The minimum absolute atomic E-state index is 0.713. The fourth-order valence-electron chi connectivity index (χ4n) is 2.63. The van der Waals surface area contributed by atoms with Crippen molar-refractivity contribution >= 4 is 21.8 Å². The van der Waals surface area contributed by atoms with Gasteiger partial charge in [0.1, 0.15) is 0 Å². The molecule has 0 N–H and O–H groups in total. The van der Waals surface area contributed by atoms with Crippen LogP contribution in [0.1, 0.15) is 6.42 Å². The zero-order valence-corrected chi connectivity index (χ0v) is 10.9. The first-order valence-electron chi connectivity index (χ1n) is 6.60. The molecule has 3 aromatic rings. The first-order chi connectivity index (χ1) is 9.42. The van der Waals surface area contributed by atoms with Crippen LogP contribution in [0.15, 0.2) is 61.4 Å². The van der Waals surface area contributed by atoms with Crippen molar-refractivity contribution in [1.82, 2.24) is 4.57 Å². The minimum atomic E-state index is 0.713. The maximum absolute atomic E-state index is 5.21. The average Bonchev–Trinajstić information content (AvgIpc) is 2.78. The Morgan fingerprint density at radius 3 is 2.11 bits per heavy atom. The highest BCUT2D eigenvalue weighted by Crippen LogP contribution is 2.28. The molecule has 0 aliphatic heterocycles. The molecule has 0 amide bonds. The van der Waals surface area contributed by atoms with Crippen LogP contribution in [0.3, 0.4) is 0 Å². The SMILES string of the molecule is C=COCCCn1c2ccccc2c2ccccc21. The Kier molecular flexibility index (Phi) is 3.23. The van der Waals surface area contributed by atoms with Gasteiger partial charge in [-0.3, -0.25) is 0 Å². The van der Waals surface area contributed by atoms with Gasteiger partial charge < -0.3 is 9.30 Å². The van der Waals surface area contributed by atoms with Gasteiger partial charge in [0.25, 0.3) is 0 Å². The van der Waals surface area contributed by atoms with Crippen molar-refractivity contribution in [2.24, 2.45) is 0 Å². The summed E-state index contributed by atoms with van der Waals surface area (Å²) in [6.45, 7) is 5.24. The predicted octanol–water partition coefficient (Wildman–Crippen LogP) is 4.34. The zero-order chi connectivity index (χ0) is 13.1. The van der Waals surface area contributed by atoms with Gasteiger partial charge in [-0.2, -0.15) is 0 Å². The second-order valence-electron chi connectivity index (χ2n) is 4.58. The molecule has 3 rings (SSSR count). The molecule has 0 atom stereocenters. The van der Waals surface area contributed by atoms with Gasteiger partial charge in [0.05, 0.1) is 12.9 Å². The third-order valence-electron chi connectivity index (χ3n) is 3.44. The van der Waals surface area contributed by atoms with E-state index < -0.39 is 0 Å². The third-order valence-corrected chi connectivity index (χ3v) is 3.44. The van der Waals surface area contributed by atoms with Crippen molar-refractivity contribution in [3.8, 4) is 0 Å². The summed E-state index contributed by atoms with van der Waals surface area (Å²) in [5.41, 5.74) is 2.59. The standard InChI is InChI=1S/C17H17NO/c1-2-19-13-7-12-18-16-10-5-3-8-14(16)15-9-4-6-11-17(15)18/h2-6,8-11H,1,7,12-13H2. The van der Waals surface area contributed by atoms with Crippen molar-refractivity contribution in [1.29, 1.82) is 0 Å². The molecule has 0 unspecified atom stereocenters. The van der Waals surface area contributed by atoms with Gasteiger partial charge in [-0.05, 0) is 18.6 Å². The maximum Gasteiger partial charge on any atom is 0.0890 e. The molecule has 0 aliphatic rings. The molecule has 2 heteroatoms. The molecule has 0 saturated carbocycles. The van der Waals surface area contributed by atoms with E-state index in [1.807, 2.05) is 0 Å². The van der Waals surface area contributed by atoms with Gasteiger partial charge >= 0.3 is 0 Å². The topological polar surface area (TPSA) is 14.2 Å². The molecular weight excluding hydrogens is 234 g/mol. The van der Waals surface area contributed by atoms with Gasteiger partial charge in [0.15, 0.2) is 0 Å². The number of para-hydroxylation sites is 2. The van der Waals surface area contributed by atoms with Crippen molar-refractivity contribution in [3.05, 3.63) is 61.4 Å². The molecule has 19 heavy (non-hydrogen) atoms. The fourth-order valence-corrected chi connectivity index (χ4v) is 2.63. The molecule has 1 aromatic heterocycles. The van der Waals surface area contributed by atoms with Crippen LogP contribution < -0.4 is 0 Å². The first-order valence-corrected chi connectivity index (χ1v) is 6.60. The van der Waals surface area contributed by atoms with Crippen LogP contribution in [0.25, 0.3) is 21.8 Å². The molecule has 2 nitrogen and oxygen atoms in total. The summed E-state index contributed by atoms with van der Waals surface area (Å²) in [7, 11) is 0. The Morgan fingerprint density at radius 2 is 1.53 bits per heavy atom. The van der Waals surface area contributed by atoms with Crippen molar-refractivity contribution in [2.75, 3.05) is 6.61 Å². The van der Waals surface area contributed by atoms with E-state index in [2.05, 4.69) is 59.7 Å². The van der Waals surface area contributed by atoms with Crippen LogP contribution in [0.2, 0.25) is 0 Å². The summed E-state index contributed by atoms with van der Waals surface area (Å²) in [4.78, 5) is 0. The van der Waals surface area contributed by atoms with E-state index >= 15 is 0 Å². The number of ether oxygens (including phenoxy) is 1. The lowest BCUT2D eigenvalue weighted by molar-refractivity contribution is 0.240. The summed E-state index contributed by atoms with van der Waals surface area (Å²) in [6, 6.07) is 17.1. The molecule has 0 radical (unpaired) electrons. The van der Waals surface area contributed by atoms with Crippen LogP contribution >= 0.6 is 0 Å². The monoisotopic (exact) mass is 251 g/mol. The van der Waals surface area contributed by atoms with E-state index in [1.54, 1.807) is 0 Å². The fraction of sp³-hybridized carbons (Fsp3) is 0.176.